The molecule has 0 atom stereocenters. The summed E-state index contributed by atoms with van der Waals surface area (Å²) in [7, 11) is 1.63. The van der Waals surface area contributed by atoms with Gasteiger partial charge in [-0.15, -0.1) is 22.7 Å². The SMILES string of the molecule is C/C(N)=C(\C#N)C(=O)CSc1nc2scc(-c3cccs3)c2c(=O)n1C. The molecule has 0 unspecified atom stereocenters. The zero-order valence-corrected chi connectivity index (χ0v) is 16.4. The third kappa shape index (κ3) is 3.31. The predicted molar refractivity (Wildman–Crippen MR) is 106 cm³/mol. The van der Waals surface area contributed by atoms with Crippen LogP contribution in [-0.4, -0.2) is 21.1 Å². The van der Waals surface area contributed by atoms with E-state index in [9.17, 15) is 9.59 Å². The molecule has 132 valence electrons. The summed E-state index contributed by atoms with van der Waals surface area (Å²) in [6, 6.07) is 5.73. The van der Waals surface area contributed by atoms with Crippen LogP contribution in [0.5, 0.6) is 0 Å². The normalized spacial score (nSPS) is 12.0. The molecule has 0 saturated carbocycles. The van der Waals surface area contributed by atoms with Gasteiger partial charge in [0, 0.05) is 28.6 Å². The topological polar surface area (TPSA) is 102 Å². The maximum atomic E-state index is 12.8. The van der Waals surface area contributed by atoms with E-state index in [1.807, 2.05) is 29.0 Å². The third-order valence-electron chi connectivity index (χ3n) is 3.68. The Labute approximate surface area is 161 Å². The van der Waals surface area contributed by atoms with Crippen LogP contribution in [0.3, 0.4) is 0 Å². The van der Waals surface area contributed by atoms with Gasteiger partial charge in [-0.1, -0.05) is 17.8 Å². The van der Waals surface area contributed by atoms with E-state index >= 15 is 0 Å². The molecule has 0 aliphatic heterocycles. The van der Waals surface area contributed by atoms with Crippen molar-refractivity contribution < 1.29 is 4.79 Å². The highest BCUT2D eigenvalue weighted by Gasteiger charge is 2.18. The average molecular weight is 403 g/mol. The van der Waals surface area contributed by atoms with Gasteiger partial charge in [0.15, 0.2) is 10.9 Å². The molecule has 0 amide bonds. The summed E-state index contributed by atoms with van der Waals surface area (Å²) in [5.74, 6) is -0.385. The lowest BCUT2D eigenvalue weighted by Gasteiger charge is -2.07. The molecule has 0 spiro atoms. The number of Topliss-reactive ketones (excluding diaryl/α,β-unsaturated/α-hetero) is 1. The maximum absolute atomic E-state index is 12.8. The second-order valence-corrected chi connectivity index (χ2v) is 8.20. The summed E-state index contributed by atoms with van der Waals surface area (Å²) in [6.45, 7) is 1.51. The molecular weight excluding hydrogens is 388 g/mol. The highest BCUT2D eigenvalue weighted by molar-refractivity contribution is 7.99. The Morgan fingerprint density at radius 2 is 2.23 bits per heavy atom. The summed E-state index contributed by atoms with van der Waals surface area (Å²) in [5.41, 5.74) is 6.42. The van der Waals surface area contributed by atoms with Crippen molar-refractivity contribution in [3.63, 3.8) is 0 Å². The zero-order valence-electron chi connectivity index (χ0n) is 14.0. The van der Waals surface area contributed by atoms with E-state index < -0.39 is 0 Å². The van der Waals surface area contributed by atoms with Gasteiger partial charge in [-0.05, 0) is 18.4 Å². The molecule has 2 N–H and O–H groups in total. The van der Waals surface area contributed by atoms with Gasteiger partial charge >= 0.3 is 0 Å². The van der Waals surface area contributed by atoms with Gasteiger partial charge in [0.25, 0.3) is 5.56 Å². The molecule has 0 saturated heterocycles. The molecule has 3 aromatic rings. The summed E-state index contributed by atoms with van der Waals surface area (Å²) in [4.78, 5) is 31.1. The summed E-state index contributed by atoms with van der Waals surface area (Å²) in [6.07, 6.45) is 0. The second kappa shape index (κ2) is 7.45. The fourth-order valence-electron chi connectivity index (χ4n) is 2.37. The van der Waals surface area contributed by atoms with Crippen LogP contribution >= 0.6 is 34.4 Å². The average Bonchev–Trinajstić information content (AvgIpc) is 3.26. The minimum absolute atomic E-state index is 0.00756. The molecule has 3 rings (SSSR count). The van der Waals surface area contributed by atoms with Crippen LogP contribution < -0.4 is 11.3 Å². The van der Waals surface area contributed by atoms with E-state index in [4.69, 9.17) is 11.0 Å². The number of allylic oxidation sites excluding steroid dienone is 2. The first-order valence-electron chi connectivity index (χ1n) is 7.48. The molecule has 0 aliphatic rings. The van der Waals surface area contributed by atoms with Gasteiger partial charge in [-0.25, -0.2) is 4.98 Å². The Morgan fingerprint density at radius 3 is 2.85 bits per heavy atom. The van der Waals surface area contributed by atoms with E-state index in [1.165, 1.54) is 22.8 Å². The number of hydrogen-bond acceptors (Lipinski definition) is 8. The number of nitriles is 1. The van der Waals surface area contributed by atoms with E-state index in [0.717, 1.165) is 22.2 Å². The Kier molecular flexibility index (Phi) is 5.27. The molecule has 9 heteroatoms. The number of aromatic nitrogens is 2. The molecular formula is C17H14N4O2S3. The second-order valence-electron chi connectivity index (χ2n) is 5.45. The van der Waals surface area contributed by atoms with Gasteiger partial charge in [0.1, 0.15) is 16.5 Å². The fraction of sp³-hybridized carbons (Fsp3) is 0.176. The lowest BCUT2D eigenvalue weighted by Crippen LogP contribution is -2.20. The number of nitrogens with two attached hydrogens (primary N) is 1. The lowest BCUT2D eigenvalue weighted by atomic mass is 10.2. The number of thiophene rings is 2. The van der Waals surface area contributed by atoms with Crippen molar-refractivity contribution in [3.8, 4) is 16.5 Å². The number of nitrogens with zero attached hydrogens (tertiary/aromatic N) is 3. The number of fused-ring (bicyclic) bond motifs is 1. The summed E-state index contributed by atoms with van der Waals surface area (Å²) < 4.78 is 1.44. The standard InChI is InChI=1S/C17H14N4O2S3/c1-9(19)10(6-18)12(22)8-26-17-20-15-14(16(23)21(17)2)11(7-25-15)13-4-3-5-24-13/h3-5,7H,8,19H2,1-2H3/b10-9-. The highest BCUT2D eigenvalue weighted by atomic mass is 32.2. The fourth-order valence-corrected chi connectivity index (χ4v) is 5.01. The number of hydrogen-bond donors (Lipinski definition) is 1. The Morgan fingerprint density at radius 1 is 1.46 bits per heavy atom. The first-order chi connectivity index (χ1) is 12.4. The first-order valence-corrected chi connectivity index (χ1v) is 10.2. The minimum Gasteiger partial charge on any atom is -0.401 e. The van der Waals surface area contributed by atoms with Crippen LogP contribution in [0.15, 0.2) is 44.1 Å². The molecule has 0 aliphatic carbocycles. The molecule has 0 bridgehead atoms. The van der Waals surface area contributed by atoms with Crippen molar-refractivity contribution in [3.05, 3.63) is 44.5 Å². The zero-order chi connectivity index (χ0) is 18.8. The highest BCUT2D eigenvalue weighted by Crippen LogP contribution is 2.34. The quantitative estimate of drug-likeness (QED) is 0.304. The minimum atomic E-state index is -0.377. The van der Waals surface area contributed by atoms with Gasteiger partial charge in [-0.2, -0.15) is 5.26 Å². The summed E-state index contributed by atoms with van der Waals surface area (Å²) >= 11 is 4.09. The van der Waals surface area contributed by atoms with Crippen molar-refractivity contribution in [1.82, 2.24) is 9.55 Å². The largest absolute Gasteiger partial charge is 0.401 e. The van der Waals surface area contributed by atoms with Crippen molar-refractivity contribution in [2.45, 2.75) is 12.1 Å². The number of carbonyl (C=O) groups is 1. The monoisotopic (exact) mass is 402 g/mol. The number of carbonyl (C=O) groups excluding carboxylic acids is 1. The number of rotatable bonds is 5. The molecule has 3 heterocycles. The molecule has 0 aromatic carbocycles. The molecule has 0 fully saturated rings. The van der Waals surface area contributed by atoms with Crippen molar-refractivity contribution in [1.29, 1.82) is 5.26 Å². The Hall–Kier alpha value is -2.41. The van der Waals surface area contributed by atoms with E-state index in [1.54, 1.807) is 18.4 Å². The van der Waals surface area contributed by atoms with Gasteiger partial charge in [0.05, 0.1) is 11.1 Å². The number of ketones is 1. The molecule has 6 nitrogen and oxygen atoms in total. The first kappa shape index (κ1) is 18.4. The predicted octanol–water partition coefficient (Wildman–Crippen LogP) is 3.14. The van der Waals surface area contributed by atoms with Gasteiger partial charge < -0.3 is 5.73 Å². The van der Waals surface area contributed by atoms with Crippen molar-refractivity contribution >= 4 is 50.4 Å². The molecule has 3 aromatic heterocycles. The van der Waals surface area contributed by atoms with E-state index in [0.29, 0.717) is 15.4 Å². The van der Waals surface area contributed by atoms with Crippen molar-refractivity contribution in [2.24, 2.45) is 12.8 Å². The van der Waals surface area contributed by atoms with Crippen LogP contribution in [-0.2, 0) is 11.8 Å². The molecule has 26 heavy (non-hydrogen) atoms. The summed E-state index contributed by atoms with van der Waals surface area (Å²) in [5, 5.41) is 13.9. The maximum Gasteiger partial charge on any atom is 0.263 e. The Bertz CT molecular complexity index is 1110. The van der Waals surface area contributed by atoms with Crippen LogP contribution in [0.2, 0.25) is 0 Å². The van der Waals surface area contributed by atoms with Gasteiger partial charge in [-0.3, -0.25) is 14.2 Å². The van der Waals surface area contributed by atoms with E-state index in [2.05, 4.69) is 4.98 Å². The van der Waals surface area contributed by atoms with Crippen LogP contribution in [0.4, 0.5) is 0 Å². The van der Waals surface area contributed by atoms with Gasteiger partial charge in [0.2, 0.25) is 0 Å². The Balaban J connectivity index is 1.96. The van der Waals surface area contributed by atoms with Crippen LogP contribution in [0.1, 0.15) is 6.92 Å². The number of thioether (sulfide) groups is 1. The molecule has 0 radical (unpaired) electrons. The third-order valence-corrected chi connectivity index (χ3v) is 6.48. The van der Waals surface area contributed by atoms with E-state index in [-0.39, 0.29) is 28.4 Å². The smallest absolute Gasteiger partial charge is 0.263 e. The lowest BCUT2D eigenvalue weighted by molar-refractivity contribution is -0.112. The van der Waals surface area contributed by atoms with Crippen LogP contribution in [0, 0.1) is 11.3 Å². The van der Waals surface area contributed by atoms with Crippen LogP contribution in [0.25, 0.3) is 20.7 Å². The van der Waals surface area contributed by atoms with Crippen molar-refractivity contribution in [2.75, 3.05) is 5.75 Å².